The van der Waals surface area contributed by atoms with Crippen LogP contribution < -0.4 is 5.32 Å². The van der Waals surface area contributed by atoms with Gasteiger partial charge in [-0.05, 0) is 66.1 Å². The van der Waals surface area contributed by atoms with Crippen molar-refractivity contribution in [1.82, 2.24) is 25.1 Å². The van der Waals surface area contributed by atoms with Crippen LogP contribution >= 0.6 is 23.4 Å². The molecule has 0 radical (unpaired) electrons. The third-order valence-corrected chi connectivity index (χ3v) is 7.22. The Labute approximate surface area is 224 Å². The number of rotatable bonds is 8. The predicted molar refractivity (Wildman–Crippen MR) is 148 cm³/mol. The fraction of sp³-hybridized carbons (Fsp3) is 0.103. The van der Waals surface area contributed by atoms with E-state index in [2.05, 4.69) is 44.1 Å². The van der Waals surface area contributed by atoms with Crippen LogP contribution in [-0.4, -0.2) is 25.7 Å². The van der Waals surface area contributed by atoms with Gasteiger partial charge in [-0.15, -0.1) is 10.2 Å². The van der Waals surface area contributed by atoms with Gasteiger partial charge in [-0.25, -0.2) is 0 Å². The average Bonchev–Trinajstić information content (AvgIpc) is 3.35. The van der Waals surface area contributed by atoms with Crippen LogP contribution in [0.5, 0.6) is 0 Å². The molecular weight excluding hydrogens is 502 g/mol. The van der Waals surface area contributed by atoms with Crippen LogP contribution in [0, 0.1) is 6.92 Å². The standard InChI is InChI=1S/C29H24ClN5OS/c1-20-6-2-5-9-26(20)35-27(24-7-3-4-8-25(24)30)33-34-29(35)37-19-22-10-12-23(13-11-22)28(36)32-18-21-14-16-31-17-15-21/h2-17H,18-19H2,1H3,(H,32,36). The Morgan fingerprint density at radius 2 is 1.62 bits per heavy atom. The lowest BCUT2D eigenvalue weighted by molar-refractivity contribution is 0.0951. The fourth-order valence-electron chi connectivity index (χ4n) is 3.90. The van der Waals surface area contributed by atoms with Crippen molar-refractivity contribution in [2.24, 2.45) is 0 Å². The normalized spacial score (nSPS) is 10.9. The number of para-hydroxylation sites is 1. The van der Waals surface area contributed by atoms with Gasteiger partial charge in [0.05, 0.1) is 10.7 Å². The maximum Gasteiger partial charge on any atom is 0.251 e. The molecule has 0 aliphatic heterocycles. The van der Waals surface area contributed by atoms with E-state index < -0.39 is 0 Å². The molecule has 5 aromatic rings. The molecule has 1 amide bonds. The molecule has 5 rings (SSSR count). The van der Waals surface area contributed by atoms with Crippen molar-refractivity contribution in [3.05, 3.63) is 125 Å². The summed E-state index contributed by atoms with van der Waals surface area (Å²) < 4.78 is 2.06. The third-order valence-electron chi connectivity index (χ3n) is 5.89. The van der Waals surface area contributed by atoms with Gasteiger partial charge in [0, 0.05) is 35.8 Å². The third kappa shape index (κ3) is 5.74. The molecule has 2 heterocycles. The number of aryl methyl sites for hydroxylation is 1. The van der Waals surface area contributed by atoms with E-state index >= 15 is 0 Å². The van der Waals surface area contributed by atoms with Crippen molar-refractivity contribution < 1.29 is 4.79 Å². The minimum atomic E-state index is -0.111. The molecule has 0 atom stereocenters. The molecule has 0 unspecified atom stereocenters. The number of pyridine rings is 1. The first-order valence-electron chi connectivity index (χ1n) is 11.8. The number of benzene rings is 3. The highest BCUT2D eigenvalue weighted by molar-refractivity contribution is 7.98. The van der Waals surface area contributed by atoms with E-state index in [1.165, 1.54) is 0 Å². The van der Waals surface area contributed by atoms with Crippen LogP contribution in [0.25, 0.3) is 17.1 Å². The molecule has 184 valence electrons. The first-order chi connectivity index (χ1) is 18.1. The molecule has 3 aromatic carbocycles. The van der Waals surface area contributed by atoms with E-state index in [0.29, 0.717) is 28.7 Å². The molecule has 0 aliphatic rings. The zero-order chi connectivity index (χ0) is 25.6. The second kappa shape index (κ2) is 11.4. The summed E-state index contributed by atoms with van der Waals surface area (Å²) in [4.78, 5) is 16.5. The molecular formula is C29H24ClN5OS. The van der Waals surface area contributed by atoms with Gasteiger partial charge in [-0.2, -0.15) is 0 Å². The largest absolute Gasteiger partial charge is 0.348 e. The Hall–Kier alpha value is -3.94. The zero-order valence-electron chi connectivity index (χ0n) is 20.1. The maximum absolute atomic E-state index is 12.5. The molecule has 0 aliphatic carbocycles. The van der Waals surface area contributed by atoms with Gasteiger partial charge in [0.2, 0.25) is 0 Å². The first-order valence-corrected chi connectivity index (χ1v) is 13.1. The summed E-state index contributed by atoms with van der Waals surface area (Å²) >= 11 is 8.10. The zero-order valence-corrected chi connectivity index (χ0v) is 21.7. The number of halogens is 1. The van der Waals surface area contributed by atoms with Crippen molar-refractivity contribution in [3.8, 4) is 17.1 Å². The SMILES string of the molecule is Cc1ccccc1-n1c(SCc2ccc(C(=O)NCc3ccncc3)cc2)nnc1-c1ccccc1Cl. The Morgan fingerprint density at radius 1 is 0.892 bits per heavy atom. The fourth-order valence-corrected chi connectivity index (χ4v) is 5.02. The van der Waals surface area contributed by atoms with E-state index in [1.54, 1.807) is 24.2 Å². The number of nitrogens with zero attached hydrogens (tertiary/aromatic N) is 4. The Balaban J connectivity index is 1.33. The number of carbonyl (C=O) groups is 1. The van der Waals surface area contributed by atoms with Gasteiger partial charge >= 0.3 is 0 Å². The Bertz CT molecular complexity index is 1520. The number of nitrogens with one attached hydrogen (secondary N) is 1. The van der Waals surface area contributed by atoms with Crippen molar-refractivity contribution in [3.63, 3.8) is 0 Å². The highest BCUT2D eigenvalue weighted by Crippen LogP contribution is 2.33. The highest BCUT2D eigenvalue weighted by Gasteiger charge is 2.19. The van der Waals surface area contributed by atoms with E-state index in [-0.39, 0.29) is 5.91 Å². The minimum absolute atomic E-state index is 0.111. The Morgan fingerprint density at radius 3 is 2.38 bits per heavy atom. The number of hydrogen-bond donors (Lipinski definition) is 1. The number of amides is 1. The van der Waals surface area contributed by atoms with Crippen LogP contribution in [0.3, 0.4) is 0 Å². The molecule has 0 bridgehead atoms. The monoisotopic (exact) mass is 525 g/mol. The summed E-state index contributed by atoms with van der Waals surface area (Å²) in [6, 6.07) is 27.2. The molecule has 8 heteroatoms. The molecule has 0 saturated carbocycles. The van der Waals surface area contributed by atoms with Gasteiger partial charge in [-0.3, -0.25) is 14.3 Å². The molecule has 0 fully saturated rings. The van der Waals surface area contributed by atoms with Crippen LogP contribution in [0.4, 0.5) is 0 Å². The summed E-state index contributed by atoms with van der Waals surface area (Å²) in [7, 11) is 0. The van der Waals surface area contributed by atoms with Crippen LogP contribution in [0.1, 0.15) is 27.0 Å². The predicted octanol–water partition coefficient (Wildman–Crippen LogP) is 6.51. The summed E-state index contributed by atoms with van der Waals surface area (Å²) in [6.45, 7) is 2.53. The van der Waals surface area contributed by atoms with Crippen LogP contribution in [0.15, 0.2) is 102 Å². The summed E-state index contributed by atoms with van der Waals surface area (Å²) in [5.74, 6) is 1.26. The van der Waals surface area contributed by atoms with Crippen molar-refractivity contribution in [1.29, 1.82) is 0 Å². The lowest BCUT2D eigenvalue weighted by atomic mass is 10.1. The Kier molecular flexibility index (Phi) is 7.63. The first kappa shape index (κ1) is 24.7. The van der Waals surface area contributed by atoms with E-state index in [1.807, 2.05) is 72.8 Å². The minimum Gasteiger partial charge on any atom is -0.348 e. The summed E-state index contributed by atoms with van der Waals surface area (Å²) in [5.41, 5.74) is 5.64. The van der Waals surface area contributed by atoms with Crippen LogP contribution in [-0.2, 0) is 12.3 Å². The van der Waals surface area contributed by atoms with Gasteiger partial charge in [0.1, 0.15) is 0 Å². The van der Waals surface area contributed by atoms with Crippen molar-refractivity contribution in [2.75, 3.05) is 0 Å². The van der Waals surface area contributed by atoms with E-state index in [9.17, 15) is 4.79 Å². The van der Waals surface area contributed by atoms with Gasteiger partial charge in [0.25, 0.3) is 5.91 Å². The number of thioether (sulfide) groups is 1. The molecule has 1 N–H and O–H groups in total. The van der Waals surface area contributed by atoms with Gasteiger partial charge in [0.15, 0.2) is 11.0 Å². The molecule has 0 spiro atoms. The molecule has 0 saturated heterocycles. The summed E-state index contributed by atoms with van der Waals surface area (Å²) in [6.07, 6.45) is 3.43. The highest BCUT2D eigenvalue weighted by atomic mass is 35.5. The maximum atomic E-state index is 12.5. The quantitative estimate of drug-likeness (QED) is 0.234. The van der Waals surface area contributed by atoms with Gasteiger partial charge in [-0.1, -0.05) is 65.8 Å². The number of hydrogen-bond acceptors (Lipinski definition) is 5. The van der Waals surface area contributed by atoms with E-state index in [0.717, 1.165) is 33.1 Å². The van der Waals surface area contributed by atoms with E-state index in [4.69, 9.17) is 11.6 Å². The lowest BCUT2D eigenvalue weighted by Gasteiger charge is -2.13. The lowest BCUT2D eigenvalue weighted by Crippen LogP contribution is -2.22. The topological polar surface area (TPSA) is 72.7 Å². The second-order valence-corrected chi connectivity index (χ2v) is 9.78. The van der Waals surface area contributed by atoms with Crippen LogP contribution in [0.2, 0.25) is 5.02 Å². The van der Waals surface area contributed by atoms with Crippen molar-refractivity contribution in [2.45, 2.75) is 24.4 Å². The summed E-state index contributed by atoms with van der Waals surface area (Å²) in [5, 5.41) is 13.4. The smallest absolute Gasteiger partial charge is 0.251 e. The number of aromatic nitrogens is 4. The average molecular weight is 526 g/mol. The molecule has 6 nitrogen and oxygen atoms in total. The molecule has 2 aromatic heterocycles. The molecule has 37 heavy (non-hydrogen) atoms. The van der Waals surface area contributed by atoms with Gasteiger partial charge < -0.3 is 5.32 Å². The number of carbonyl (C=O) groups excluding carboxylic acids is 1. The second-order valence-electron chi connectivity index (χ2n) is 8.43. The van der Waals surface area contributed by atoms with Crippen molar-refractivity contribution >= 4 is 29.3 Å².